The summed E-state index contributed by atoms with van der Waals surface area (Å²) < 4.78 is 46.1. The minimum Gasteiger partial charge on any atom is -0.494 e. The molecule has 11 heteroatoms. The molecule has 0 fully saturated rings. The summed E-state index contributed by atoms with van der Waals surface area (Å²) in [5.74, 6) is 0.0788. The van der Waals surface area contributed by atoms with Gasteiger partial charge in [0.25, 0.3) is 5.69 Å². The second-order valence-electron chi connectivity index (χ2n) is 7.44. The Morgan fingerprint density at radius 2 is 1.79 bits per heavy atom. The van der Waals surface area contributed by atoms with E-state index in [-0.39, 0.29) is 17.3 Å². The van der Waals surface area contributed by atoms with Crippen molar-refractivity contribution in [2.45, 2.75) is 38.8 Å². The summed E-state index contributed by atoms with van der Waals surface area (Å²) in [6, 6.07) is 12.0. The molecular formula is C23H24F3N5O3. The quantitative estimate of drug-likeness (QED) is 0.178. The fraction of sp³-hybridized carbons (Fsp3) is 0.304. The van der Waals surface area contributed by atoms with Crippen LogP contribution in [0.3, 0.4) is 0 Å². The van der Waals surface area contributed by atoms with Gasteiger partial charge in [-0.1, -0.05) is 32.3 Å². The van der Waals surface area contributed by atoms with Gasteiger partial charge in [0.1, 0.15) is 17.1 Å². The number of hydrogen-bond acceptors (Lipinski definition) is 7. The maximum absolute atomic E-state index is 13.5. The maximum atomic E-state index is 13.5. The number of aromatic nitrogens is 2. The Bertz CT molecular complexity index is 1110. The van der Waals surface area contributed by atoms with Crippen LogP contribution in [0.4, 0.5) is 42.0 Å². The molecule has 1 heterocycles. The SMILES string of the molecule is CCCCCCOc1ccc(Nc2ncc(C(F)(F)F)c(Nc3cccc([N+](=O)[O-])c3)n2)cc1. The van der Waals surface area contributed by atoms with Crippen LogP contribution >= 0.6 is 0 Å². The average molecular weight is 475 g/mol. The molecule has 2 N–H and O–H groups in total. The molecule has 3 rings (SSSR count). The maximum Gasteiger partial charge on any atom is 0.421 e. The molecule has 34 heavy (non-hydrogen) atoms. The first-order valence-corrected chi connectivity index (χ1v) is 10.7. The summed E-state index contributed by atoms with van der Waals surface area (Å²) in [6.45, 7) is 2.75. The van der Waals surface area contributed by atoms with E-state index in [1.807, 2.05) is 0 Å². The van der Waals surface area contributed by atoms with E-state index in [9.17, 15) is 23.3 Å². The Kier molecular flexibility index (Phi) is 8.23. The molecule has 8 nitrogen and oxygen atoms in total. The molecule has 180 valence electrons. The van der Waals surface area contributed by atoms with Crippen molar-refractivity contribution in [3.8, 4) is 5.75 Å². The van der Waals surface area contributed by atoms with E-state index < -0.39 is 22.5 Å². The standard InChI is InChI=1S/C23H24F3N5O3/c1-2-3-4-5-13-34-19-11-9-16(10-12-19)29-22-27-15-20(23(24,25)26)21(30-22)28-17-7-6-8-18(14-17)31(32)33/h6-12,14-15H,2-5,13H2,1H3,(H2,27,28,29,30). The zero-order chi connectivity index (χ0) is 24.6. The summed E-state index contributed by atoms with van der Waals surface area (Å²) >= 11 is 0. The van der Waals surface area contributed by atoms with Gasteiger partial charge in [-0.25, -0.2) is 4.98 Å². The van der Waals surface area contributed by atoms with Crippen LogP contribution < -0.4 is 15.4 Å². The van der Waals surface area contributed by atoms with E-state index in [0.29, 0.717) is 24.2 Å². The highest BCUT2D eigenvalue weighted by atomic mass is 19.4. The first-order chi connectivity index (χ1) is 16.3. The van der Waals surface area contributed by atoms with Crippen LogP contribution in [-0.2, 0) is 6.18 Å². The number of nitrogens with zero attached hydrogens (tertiary/aromatic N) is 3. The molecule has 0 amide bonds. The fourth-order valence-corrected chi connectivity index (χ4v) is 3.06. The number of alkyl halides is 3. The summed E-state index contributed by atoms with van der Waals surface area (Å²) in [6.07, 6.45) is 0.314. The van der Waals surface area contributed by atoms with Crippen LogP contribution in [-0.4, -0.2) is 21.5 Å². The molecule has 0 spiro atoms. The molecule has 0 saturated heterocycles. The van der Waals surface area contributed by atoms with Gasteiger partial charge in [-0.05, 0) is 36.8 Å². The predicted molar refractivity (Wildman–Crippen MR) is 123 cm³/mol. The Balaban J connectivity index is 1.74. The molecule has 0 aliphatic carbocycles. The van der Waals surface area contributed by atoms with Crippen molar-refractivity contribution < 1.29 is 22.8 Å². The van der Waals surface area contributed by atoms with Crippen LogP contribution in [0.5, 0.6) is 5.75 Å². The van der Waals surface area contributed by atoms with Crippen molar-refractivity contribution in [2.24, 2.45) is 0 Å². The Hall–Kier alpha value is -3.89. The lowest BCUT2D eigenvalue weighted by Gasteiger charge is -2.15. The monoisotopic (exact) mass is 475 g/mol. The van der Waals surface area contributed by atoms with E-state index in [1.165, 1.54) is 18.2 Å². The molecule has 0 saturated carbocycles. The molecule has 0 radical (unpaired) electrons. The number of benzene rings is 2. The molecule has 3 aromatic rings. The van der Waals surface area contributed by atoms with Crippen molar-refractivity contribution in [1.82, 2.24) is 9.97 Å². The lowest BCUT2D eigenvalue weighted by atomic mass is 10.2. The summed E-state index contributed by atoms with van der Waals surface area (Å²) in [5, 5.41) is 16.3. The van der Waals surface area contributed by atoms with E-state index in [2.05, 4.69) is 27.5 Å². The van der Waals surface area contributed by atoms with Crippen molar-refractivity contribution in [2.75, 3.05) is 17.2 Å². The number of anilines is 4. The van der Waals surface area contributed by atoms with Crippen molar-refractivity contribution in [1.29, 1.82) is 0 Å². The number of nitro benzene ring substituents is 1. The largest absolute Gasteiger partial charge is 0.494 e. The number of halogens is 3. The topological polar surface area (TPSA) is 102 Å². The van der Waals surface area contributed by atoms with E-state index >= 15 is 0 Å². The summed E-state index contributed by atoms with van der Waals surface area (Å²) in [4.78, 5) is 18.0. The fourth-order valence-electron chi connectivity index (χ4n) is 3.06. The van der Waals surface area contributed by atoms with Gasteiger partial charge in [-0.2, -0.15) is 18.2 Å². The molecule has 0 aliphatic rings. The Morgan fingerprint density at radius 1 is 1.03 bits per heavy atom. The van der Waals surface area contributed by atoms with Crippen LogP contribution in [0.2, 0.25) is 0 Å². The number of hydrogen-bond donors (Lipinski definition) is 2. The molecule has 2 aromatic carbocycles. The molecular weight excluding hydrogens is 451 g/mol. The van der Waals surface area contributed by atoms with Crippen LogP contribution in [0.15, 0.2) is 54.7 Å². The third kappa shape index (κ3) is 7.06. The predicted octanol–water partition coefficient (Wildman–Crippen LogP) is 6.85. The highest BCUT2D eigenvalue weighted by Crippen LogP contribution is 2.35. The Labute approximate surface area is 194 Å². The first kappa shape index (κ1) is 24.7. The smallest absolute Gasteiger partial charge is 0.421 e. The number of unbranched alkanes of at least 4 members (excludes halogenated alkanes) is 3. The number of nitro groups is 1. The molecule has 0 bridgehead atoms. The highest BCUT2D eigenvalue weighted by Gasteiger charge is 2.35. The Morgan fingerprint density at radius 3 is 2.47 bits per heavy atom. The average Bonchev–Trinajstić information content (AvgIpc) is 2.79. The van der Waals surface area contributed by atoms with Crippen LogP contribution in [0, 0.1) is 10.1 Å². The molecule has 0 unspecified atom stereocenters. The lowest BCUT2D eigenvalue weighted by molar-refractivity contribution is -0.384. The third-order valence-electron chi connectivity index (χ3n) is 4.79. The molecule has 0 aliphatic heterocycles. The third-order valence-corrected chi connectivity index (χ3v) is 4.79. The zero-order valence-electron chi connectivity index (χ0n) is 18.4. The summed E-state index contributed by atoms with van der Waals surface area (Å²) in [5.41, 5.74) is -0.723. The lowest BCUT2D eigenvalue weighted by Crippen LogP contribution is -2.12. The molecule has 0 atom stereocenters. The summed E-state index contributed by atoms with van der Waals surface area (Å²) in [7, 11) is 0. The van der Waals surface area contributed by atoms with Gasteiger partial charge < -0.3 is 15.4 Å². The number of rotatable bonds is 11. The van der Waals surface area contributed by atoms with E-state index in [1.54, 1.807) is 24.3 Å². The second-order valence-corrected chi connectivity index (χ2v) is 7.44. The van der Waals surface area contributed by atoms with Gasteiger partial charge in [0.2, 0.25) is 5.95 Å². The minimum absolute atomic E-state index is 0.0748. The van der Waals surface area contributed by atoms with Gasteiger partial charge in [0, 0.05) is 29.7 Å². The number of ether oxygens (including phenoxy) is 1. The second kappa shape index (κ2) is 11.3. The zero-order valence-corrected chi connectivity index (χ0v) is 18.4. The van der Waals surface area contributed by atoms with Gasteiger partial charge in [0.05, 0.1) is 11.5 Å². The number of nitrogens with one attached hydrogen (secondary N) is 2. The van der Waals surface area contributed by atoms with Crippen LogP contribution in [0.25, 0.3) is 0 Å². The number of non-ortho nitro benzene ring substituents is 1. The minimum atomic E-state index is -4.72. The normalized spacial score (nSPS) is 11.2. The molecule has 1 aromatic heterocycles. The van der Waals surface area contributed by atoms with Gasteiger partial charge in [0.15, 0.2) is 0 Å². The van der Waals surface area contributed by atoms with Gasteiger partial charge in [-0.15, -0.1) is 0 Å². The van der Waals surface area contributed by atoms with E-state index in [4.69, 9.17) is 4.74 Å². The van der Waals surface area contributed by atoms with Gasteiger partial charge >= 0.3 is 6.18 Å². The van der Waals surface area contributed by atoms with E-state index in [0.717, 1.165) is 31.7 Å². The van der Waals surface area contributed by atoms with Gasteiger partial charge in [-0.3, -0.25) is 10.1 Å². The first-order valence-electron chi connectivity index (χ1n) is 10.7. The highest BCUT2D eigenvalue weighted by molar-refractivity contribution is 5.64. The van der Waals surface area contributed by atoms with Crippen molar-refractivity contribution in [3.05, 3.63) is 70.4 Å². The van der Waals surface area contributed by atoms with Crippen LogP contribution in [0.1, 0.15) is 38.2 Å². The van der Waals surface area contributed by atoms with Crippen molar-refractivity contribution >= 4 is 28.8 Å². The van der Waals surface area contributed by atoms with Crippen molar-refractivity contribution in [3.63, 3.8) is 0 Å².